The fourth-order valence-electron chi connectivity index (χ4n) is 2.96. The van der Waals surface area contributed by atoms with Gasteiger partial charge in [-0.05, 0) is 61.7 Å². The third-order valence-corrected chi connectivity index (χ3v) is 4.42. The quantitative estimate of drug-likeness (QED) is 0.703. The maximum atomic E-state index is 12.2. The van der Waals surface area contributed by atoms with E-state index >= 15 is 0 Å². The molecule has 1 unspecified atom stereocenters. The molecule has 1 aliphatic rings. The Hall–Kier alpha value is -2.86. The van der Waals surface area contributed by atoms with E-state index in [1.54, 1.807) is 24.3 Å². The monoisotopic (exact) mass is 367 g/mol. The maximum Gasteiger partial charge on any atom is 0.251 e. The second-order valence-corrected chi connectivity index (χ2v) is 6.69. The van der Waals surface area contributed by atoms with Gasteiger partial charge in [0.1, 0.15) is 0 Å². The van der Waals surface area contributed by atoms with Crippen LogP contribution in [0.4, 0.5) is 11.4 Å². The first-order valence-electron chi connectivity index (χ1n) is 9.20. The molecule has 6 heteroatoms. The van der Waals surface area contributed by atoms with E-state index in [-0.39, 0.29) is 24.5 Å². The van der Waals surface area contributed by atoms with Crippen LogP contribution < -0.4 is 16.0 Å². The van der Waals surface area contributed by atoms with Crippen molar-refractivity contribution in [1.29, 1.82) is 0 Å². The first-order chi connectivity index (χ1) is 13.1. The number of ether oxygens (including phenoxy) is 1. The fourth-order valence-corrected chi connectivity index (χ4v) is 2.96. The molecule has 2 aromatic rings. The summed E-state index contributed by atoms with van der Waals surface area (Å²) in [6.07, 6.45) is 2.16. The van der Waals surface area contributed by atoms with Crippen LogP contribution in [-0.4, -0.2) is 37.6 Å². The standard InChI is InChI=1S/C21H25N3O3/c1-15-4-2-5-18(12-15)22-14-20(25)24-17-9-7-16(8-10-17)21(26)23-13-19-6-3-11-27-19/h2,4-5,7-10,12,19,22H,3,6,11,13-14H2,1H3,(H,23,26)(H,24,25). The van der Waals surface area contributed by atoms with Gasteiger partial charge in [-0.1, -0.05) is 12.1 Å². The van der Waals surface area contributed by atoms with Gasteiger partial charge in [0.15, 0.2) is 0 Å². The lowest BCUT2D eigenvalue weighted by molar-refractivity contribution is -0.114. The second kappa shape index (κ2) is 9.19. The molecular formula is C21H25N3O3. The Morgan fingerprint density at radius 3 is 2.63 bits per heavy atom. The van der Waals surface area contributed by atoms with Crippen LogP contribution in [0.15, 0.2) is 48.5 Å². The largest absolute Gasteiger partial charge is 0.376 e. The van der Waals surface area contributed by atoms with Crippen molar-refractivity contribution in [3.8, 4) is 0 Å². The van der Waals surface area contributed by atoms with Crippen LogP contribution in [-0.2, 0) is 9.53 Å². The highest BCUT2D eigenvalue weighted by Gasteiger charge is 2.16. The van der Waals surface area contributed by atoms with Crippen molar-refractivity contribution in [3.05, 3.63) is 59.7 Å². The highest BCUT2D eigenvalue weighted by molar-refractivity contribution is 5.96. The lowest BCUT2D eigenvalue weighted by atomic mass is 10.2. The van der Waals surface area contributed by atoms with E-state index in [9.17, 15) is 9.59 Å². The number of hydrogen-bond donors (Lipinski definition) is 3. The topological polar surface area (TPSA) is 79.5 Å². The summed E-state index contributed by atoms with van der Waals surface area (Å²) < 4.78 is 5.50. The number of benzene rings is 2. The Labute approximate surface area is 159 Å². The van der Waals surface area contributed by atoms with E-state index in [1.807, 2.05) is 31.2 Å². The molecule has 0 aromatic heterocycles. The first kappa shape index (κ1) is 18.9. The van der Waals surface area contributed by atoms with Crippen molar-refractivity contribution < 1.29 is 14.3 Å². The number of hydrogen-bond acceptors (Lipinski definition) is 4. The molecule has 1 saturated heterocycles. The van der Waals surface area contributed by atoms with Crippen LogP contribution in [0, 0.1) is 6.92 Å². The molecule has 0 saturated carbocycles. The van der Waals surface area contributed by atoms with Crippen LogP contribution in [0.2, 0.25) is 0 Å². The molecule has 0 spiro atoms. The number of amides is 2. The SMILES string of the molecule is Cc1cccc(NCC(=O)Nc2ccc(C(=O)NCC3CCCO3)cc2)c1. The molecule has 1 fully saturated rings. The molecule has 1 atom stereocenters. The van der Waals surface area contributed by atoms with Gasteiger partial charge < -0.3 is 20.7 Å². The lowest BCUT2D eigenvalue weighted by Gasteiger charge is -2.11. The van der Waals surface area contributed by atoms with Gasteiger partial charge in [0.25, 0.3) is 5.91 Å². The normalized spacial score (nSPS) is 16.0. The predicted octanol–water partition coefficient (Wildman–Crippen LogP) is 2.95. The summed E-state index contributed by atoms with van der Waals surface area (Å²) in [5, 5.41) is 8.79. The summed E-state index contributed by atoms with van der Waals surface area (Å²) in [7, 11) is 0. The first-order valence-corrected chi connectivity index (χ1v) is 9.20. The Morgan fingerprint density at radius 2 is 1.93 bits per heavy atom. The van der Waals surface area contributed by atoms with Crippen LogP contribution in [0.1, 0.15) is 28.8 Å². The van der Waals surface area contributed by atoms with E-state index in [4.69, 9.17) is 4.74 Å². The molecular weight excluding hydrogens is 342 g/mol. The van der Waals surface area contributed by atoms with Gasteiger partial charge in [0, 0.05) is 30.1 Å². The summed E-state index contributed by atoms with van der Waals surface area (Å²) in [5.74, 6) is -0.281. The highest BCUT2D eigenvalue weighted by atomic mass is 16.5. The van der Waals surface area contributed by atoms with E-state index in [0.717, 1.165) is 30.7 Å². The minimum atomic E-state index is -0.146. The van der Waals surface area contributed by atoms with Gasteiger partial charge in [-0.25, -0.2) is 0 Å². The molecule has 1 heterocycles. The van der Waals surface area contributed by atoms with Crippen molar-refractivity contribution in [1.82, 2.24) is 5.32 Å². The highest BCUT2D eigenvalue weighted by Crippen LogP contribution is 2.13. The number of anilines is 2. The number of carbonyl (C=O) groups is 2. The van der Waals surface area contributed by atoms with Crippen molar-refractivity contribution in [2.75, 3.05) is 30.3 Å². The zero-order valence-electron chi connectivity index (χ0n) is 15.5. The molecule has 2 aromatic carbocycles. The van der Waals surface area contributed by atoms with Gasteiger partial charge in [-0.15, -0.1) is 0 Å². The van der Waals surface area contributed by atoms with E-state index < -0.39 is 0 Å². The molecule has 1 aliphatic heterocycles. The number of nitrogens with one attached hydrogen (secondary N) is 3. The van der Waals surface area contributed by atoms with Gasteiger partial charge in [-0.2, -0.15) is 0 Å². The molecule has 0 aliphatic carbocycles. The van der Waals surface area contributed by atoms with Gasteiger partial charge in [-0.3, -0.25) is 9.59 Å². The third kappa shape index (κ3) is 5.82. The summed E-state index contributed by atoms with van der Waals surface area (Å²) in [6, 6.07) is 14.7. The second-order valence-electron chi connectivity index (χ2n) is 6.69. The number of carbonyl (C=O) groups excluding carboxylic acids is 2. The van der Waals surface area contributed by atoms with Crippen LogP contribution in [0.5, 0.6) is 0 Å². The molecule has 0 bridgehead atoms. The molecule has 3 rings (SSSR count). The molecule has 27 heavy (non-hydrogen) atoms. The minimum absolute atomic E-state index is 0.119. The summed E-state index contributed by atoms with van der Waals surface area (Å²) in [6.45, 7) is 3.48. The van der Waals surface area contributed by atoms with Gasteiger partial charge in [0.2, 0.25) is 5.91 Å². The molecule has 6 nitrogen and oxygen atoms in total. The van der Waals surface area contributed by atoms with Crippen molar-refractivity contribution in [2.45, 2.75) is 25.9 Å². The van der Waals surface area contributed by atoms with Crippen LogP contribution in [0.3, 0.4) is 0 Å². The van der Waals surface area contributed by atoms with Gasteiger partial charge >= 0.3 is 0 Å². The molecule has 3 N–H and O–H groups in total. The van der Waals surface area contributed by atoms with Crippen LogP contribution in [0.25, 0.3) is 0 Å². The van der Waals surface area contributed by atoms with Crippen molar-refractivity contribution in [2.24, 2.45) is 0 Å². The van der Waals surface area contributed by atoms with Crippen molar-refractivity contribution in [3.63, 3.8) is 0 Å². The average molecular weight is 367 g/mol. The number of rotatable bonds is 7. The Morgan fingerprint density at radius 1 is 1.11 bits per heavy atom. The van der Waals surface area contributed by atoms with Crippen molar-refractivity contribution >= 4 is 23.2 Å². The molecule has 2 amide bonds. The molecule has 0 radical (unpaired) electrons. The Bertz CT molecular complexity index is 784. The van der Waals surface area contributed by atoms with E-state index in [1.165, 1.54) is 0 Å². The minimum Gasteiger partial charge on any atom is -0.376 e. The predicted molar refractivity (Wildman–Crippen MR) is 106 cm³/mol. The molecule has 142 valence electrons. The van der Waals surface area contributed by atoms with Gasteiger partial charge in [0.05, 0.1) is 12.6 Å². The van der Waals surface area contributed by atoms with E-state index in [2.05, 4.69) is 16.0 Å². The summed E-state index contributed by atoms with van der Waals surface area (Å²) >= 11 is 0. The Balaban J connectivity index is 1.45. The van der Waals surface area contributed by atoms with E-state index in [0.29, 0.717) is 17.8 Å². The number of aryl methyl sites for hydroxylation is 1. The summed E-state index contributed by atoms with van der Waals surface area (Å²) in [4.78, 5) is 24.2. The average Bonchev–Trinajstić information content (AvgIpc) is 3.19. The fraction of sp³-hybridized carbons (Fsp3) is 0.333. The maximum absolute atomic E-state index is 12.2. The zero-order valence-corrected chi connectivity index (χ0v) is 15.5. The smallest absolute Gasteiger partial charge is 0.251 e. The Kier molecular flexibility index (Phi) is 6.44. The zero-order chi connectivity index (χ0) is 19.1. The third-order valence-electron chi connectivity index (χ3n) is 4.42. The summed E-state index contributed by atoms with van der Waals surface area (Å²) in [5.41, 5.74) is 3.25. The van der Waals surface area contributed by atoms with Crippen LogP contribution >= 0.6 is 0 Å². The lowest BCUT2D eigenvalue weighted by Crippen LogP contribution is -2.31.